The van der Waals surface area contributed by atoms with Crippen molar-refractivity contribution in [3.63, 3.8) is 0 Å². The largest absolute Gasteiger partial charge is 0.301 e. The van der Waals surface area contributed by atoms with Crippen molar-refractivity contribution in [2.45, 2.75) is 57.3 Å². The Morgan fingerprint density at radius 1 is 1.55 bits per heavy atom. The maximum atomic E-state index is 11.5. The number of aromatic nitrogens is 2. The van der Waals surface area contributed by atoms with Crippen molar-refractivity contribution in [1.29, 1.82) is 5.26 Å². The van der Waals surface area contributed by atoms with Gasteiger partial charge in [0.25, 0.3) is 5.56 Å². The Labute approximate surface area is 124 Å². The number of hydrogen-bond acceptors (Lipinski definition) is 5. The quantitative estimate of drug-likeness (QED) is 0.567. The molecule has 1 rings (SSSR count). The molecule has 1 heterocycles. The fraction of sp³-hybridized carbons (Fsp3) is 0.643. The van der Waals surface area contributed by atoms with Gasteiger partial charge in [-0.15, -0.1) is 0 Å². The summed E-state index contributed by atoms with van der Waals surface area (Å²) in [5.74, 6) is 0.746. The van der Waals surface area contributed by atoms with Crippen molar-refractivity contribution in [2.75, 3.05) is 5.75 Å². The van der Waals surface area contributed by atoms with E-state index in [1.807, 2.05) is 13.8 Å². The van der Waals surface area contributed by atoms with Gasteiger partial charge in [-0.25, -0.2) is 4.98 Å². The Morgan fingerprint density at radius 2 is 2.30 bits per heavy atom. The molecular formula is C14H22N4OS. The first-order chi connectivity index (χ1) is 9.55. The van der Waals surface area contributed by atoms with E-state index in [0.717, 1.165) is 30.7 Å². The van der Waals surface area contributed by atoms with Crippen LogP contribution in [0.1, 0.15) is 39.3 Å². The van der Waals surface area contributed by atoms with Crippen LogP contribution in [-0.2, 0) is 6.42 Å². The summed E-state index contributed by atoms with van der Waals surface area (Å²) in [6, 6.07) is 3.92. The van der Waals surface area contributed by atoms with Crippen LogP contribution in [0.25, 0.3) is 0 Å². The third-order valence-corrected chi connectivity index (χ3v) is 3.52. The summed E-state index contributed by atoms with van der Waals surface area (Å²) in [5, 5.41) is 12.9. The van der Waals surface area contributed by atoms with Gasteiger partial charge in [-0.05, 0) is 26.7 Å². The first-order valence-electron chi connectivity index (χ1n) is 6.93. The first-order valence-corrected chi connectivity index (χ1v) is 7.92. The van der Waals surface area contributed by atoms with Crippen LogP contribution in [0.3, 0.4) is 0 Å². The molecule has 0 saturated heterocycles. The molecule has 0 aliphatic carbocycles. The molecule has 1 aromatic rings. The molecule has 1 aromatic heterocycles. The van der Waals surface area contributed by atoms with Crippen LogP contribution in [0, 0.1) is 11.3 Å². The molecular weight excluding hydrogens is 272 g/mol. The van der Waals surface area contributed by atoms with Crippen molar-refractivity contribution in [3.8, 4) is 6.07 Å². The number of H-pyrrole nitrogens is 1. The maximum absolute atomic E-state index is 11.5. The van der Waals surface area contributed by atoms with Crippen molar-refractivity contribution in [1.82, 2.24) is 15.3 Å². The van der Waals surface area contributed by atoms with E-state index in [0.29, 0.717) is 5.16 Å². The Kier molecular flexibility index (Phi) is 7.34. The second kappa shape index (κ2) is 8.77. The number of thioether (sulfide) groups is 1. The minimum atomic E-state index is -0.159. The molecule has 0 radical (unpaired) electrons. The minimum Gasteiger partial charge on any atom is -0.301 e. The van der Waals surface area contributed by atoms with E-state index in [1.54, 1.807) is 6.07 Å². The molecule has 5 nitrogen and oxygen atoms in total. The van der Waals surface area contributed by atoms with Gasteiger partial charge in [0.15, 0.2) is 5.16 Å². The zero-order valence-corrected chi connectivity index (χ0v) is 13.1. The molecule has 0 fully saturated rings. The van der Waals surface area contributed by atoms with Crippen LogP contribution in [0.15, 0.2) is 16.0 Å². The lowest BCUT2D eigenvalue weighted by molar-refractivity contribution is 0.522. The summed E-state index contributed by atoms with van der Waals surface area (Å²) in [6.45, 7) is 6.10. The van der Waals surface area contributed by atoms with Crippen LogP contribution in [-0.4, -0.2) is 27.8 Å². The van der Waals surface area contributed by atoms with E-state index >= 15 is 0 Å². The topological polar surface area (TPSA) is 81.6 Å². The SMILES string of the molecule is CCCc1cc(=O)[nH]c(SCCC(C#N)NC(C)C)n1. The van der Waals surface area contributed by atoms with Crippen molar-refractivity contribution >= 4 is 11.8 Å². The third-order valence-electron chi connectivity index (χ3n) is 2.61. The van der Waals surface area contributed by atoms with Crippen molar-refractivity contribution < 1.29 is 0 Å². The summed E-state index contributed by atoms with van der Waals surface area (Å²) in [7, 11) is 0. The predicted molar refractivity (Wildman–Crippen MR) is 81.9 cm³/mol. The monoisotopic (exact) mass is 294 g/mol. The molecule has 1 atom stereocenters. The smallest absolute Gasteiger partial charge is 0.251 e. The van der Waals surface area contributed by atoms with Gasteiger partial charge in [0.05, 0.1) is 12.1 Å². The molecule has 2 N–H and O–H groups in total. The highest BCUT2D eigenvalue weighted by molar-refractivity contribution is 7.99. The zero-order valence-electron chi connectivity index (χ0n) is 12.3. The first kappa shape index (κ1) is 16.7. The zero-order chi connectivity index (χ0) is 15.0. The second-order valence-electron chi connectivity index (χ2n) is 4.93. The molecule has 1 unspecified atom stereocenters. The third kappa shape index (κ3) is 6.22. The van der Waals surface area contributed by atoms with Crippen LogP contribution >= 0.6 is 11.8 Å². The average Bonchev–Trinajstić information content (AvgIpc) is 2.36. The highest BCUT2D eigenvalue weighted by Crippen LogP contribution is 2.14. The fourth-order valence-electron chi connectivity index (χ4n) is 1.80. The summed E-state index contributed by atoms with van der Waals surface area (Å²) in [6.07, 6.45) is 2.50. The molecule has 110 valence electrons. The lowest BCUT2D eigenvalue weighted by Gasteiger charge is -2.13. The molecule has 0 amide bonds. The number of aromatic amines is 1. The molecule has 0 aromatic carbocycles. The number of rotatable bonds is 8. The number of aryl methyl sites for hydroxylation is 1. The van der Waals surface area contributed by atoms with Crippen molar-refractivity contribution in [2.24, 2.45) is 0 Å². The normalized spacial score (nSPS) is 12.3. The molecule has 0 saturated carbocycles. The Morgan fingerprint density at radius 3 is 2.90 bits per heavy atom. The second-order valence-corrected chi connectivity index (χ2v) is 6.02. The van der Waals surface area contributed by atoms with E-state index in [-0.39, 0.29) is 17.6 Å². The molecule has 0 spiro atoms. The summed E-state index contributed by atoms with van der Waals surface area (Å²) >= 11 is 1.49. The van der Waals surface area contributed by atoms with Crippen LogP contribution in [0.4, 0.5) is 0 Å². The average molecular weight is 294 g/mol. The molecule has 0 aliphatic rings. The summed E-state index contributed by atoms with van der Waals surface area (Å²) in [5.41, 5.74) is 0.721. The van der Waals surface area contributed by atoms with Crippen LogP contribution in [0.2, 0.25) is 0 Å². The van der Waals surface area contributed by atoms with Crippen LogP contribution in [0.5, 0.6) is 0 Å². The Bertz CT molecular complexity index is 507. The van der Waals surface area contributed by atoms with Crippen LogP contribution < -0.4 is 10.9 Å². The van der Waals surface area contributed by atoms with E-state index in [9.17, 15) is 4.79 Å². The number of nitriles is 1. The van der Waals surface area contributed by atoms with E-state index < -0.39 is 0 Å². The maximum Gasteiger partial charge on any atom is 0.251 e. The highest BCUT2D eigenvalue weighted by atomic mass is 32.2. The van der Waals surface area contributed by atoms with Gasteiger partial charge >= 0.3 is 0 Å². The van der Waals surface area contributed by atoms with Gasteiger partial charge in [0, 0.05) is 23.6 Å². The lowest BCUT2D eigenvalue weighted by atomic mass is 10.2. The van der Waals surface area contributed by atoms with Gasteiger partial charge in [-0.1, -0.05) is 25.1 Å². The number of nitrogens with zero attached hydrogens (tertiary/aromatic N) is 2. The number of hydrogen-bond donors (Lipinski definition) is 2. The minimum absolute atomic E-state index is 0.108. The fourth-order valence-corrected chi connectivity index (χ4v) is 2.70. The molecule has 20 heavy (non-hydrogen) atoms. The van der Waals surface area contributed by atoms with Gasteiger partial charge in [-0.3, -0.25) is 10.1 Å². The van der Waals surface area contributed by atoms with Gasteiger partial charge in [0.2, 0.25) is 0 Å². The number of nitrogens with one attached hydrogen (secondary N) is 2. The summed E-state index contributed by atoms with van der Waals surface area (Å²) in [4.78, 5) is 18.7. The molecule has 0 bridgehead atoms. The van der Waals surface area contributed by atoms with E-state index in [4.69, 9.17) is 5.26 Å². The van der Waals surface area contributed by atoms with Gasteiger partial charge in [0.1, 0.15) is 0 Å². The van der Waals surface area contributed by atoms with Crippen molar-refractivity contribution in [3.05, 3.63) is 22.1 Å². The van der Waals surface area contributed by atoms with E-state index in [1.165, 1.54) is 11.8 Å². The Balaban J connectivity index is 2.53. The van der Waals surface area contributed by atoms with E-state index in [2.05, 4.69) is 28.3 Å². The summed E-state index contributed by atoms with van der Waals surface area (Å²) < 4.78 is 0. The lowest BCUT2D eigenvalue weighted by Crippen LogP contribution is -2.33. The Hall–Kier alpha value is -1.32. The predicted octanol–water partition coefficient (Wildman–Crippen LogP) is 2.09. The molecule has 6 heteroatoms. The standard InChI is InChI=1S/C14H22N4OS/c1-4-5-11-8-13(19)18-14(17-11)20-7-6-12(9-15)16-10(2)3/h8,10,12,16H,4-7H2,1-3H3,(H,17,18,19). The van der Waals surface area contributed by atoms with Gasteiger partial charge in [-0.2, -0.15) is 5.26 Å². The highest BCUT2D eigenvalue weighted by Gasteiger charge is 2.09. The molecule has 0 aliphatic heterocycles. The van der Waals surface area contributed by atoms with Gasteiger partial charge < -0.3 is 4.98 Å².